The van der Waals surface area contributed by atoms with Crippen LogP contribution in [0.5, 0.6) is 0 Å². The van der Waals surface area contributed by atoms with Crippen molar-refractivity contribution in [2.75, 3.05) is 11.9 Å². The summed E-state index contributed by atoms with van der Waals surface area (Å²) >= 11 is 6.05. The van der Waals surface area contributed by atoms with E-state index in [4.69, 9.17) is 20.9 Å². The number of fused-ring (bicyclic) bond motifs is 1. The fourth-order valence-electron chi connectivity index (χ4n) is 3.00. The number of halogens is 1. The van der Waals surface area contributed by atoms with Crippen LogP contribution in [-0.4, -0.2) is 28.6 Å². The van der Waals surface area contributed by atoms with Gasteiger partial charge in [0.25, 0.3) is 11.6 Å². The number of anilines is 1. The Balaban J connectivity index is 1.50. The second kappa shape index (κ2) is 7.24. The molecule has 28 heavy (non-hydrogen) atoms. The van der Waals surface area contributed by atoms with Gasteiger partial charge >= 0.3 is 5.97 Å². The smallest absolute Gasteiger partial charge is 0.339 e. The fourth-order valence-corrected chi connectivity index (χ4v) is 3.18. The lowest BCUT2D eigenvalue weighted by atomic mass is 10.1. The average molecular weight is 400 g/mol. The number of pyridine rings is 1. The zero-order valence-electron chi connectivity index (χ0n) is 15.4. The molecule has 1 N–H and O–H groups in total. The number of nitrogens with one attached hydrogen (secondary N) is 1. The van der Waals surface area contributed by atoms with E-state index in [0.29, 0.717) is 39.0 Å². The van der Waals surface area contributed by atoms with Gasteiger partial charge in [0.2, 0.25) is 0 Å². The van der Waals surface area contributed by atoms with Gasteiger partial charge in [0, 0.05) is 22.3 Å². The lowest BCUT2D eigenvalue weighted by Gasteiger charge is -2.10. The van der Waals surface area contributed by atoms with Crippen LogP contribution in [0.25, 0.3) is 11.1 Å². The molecule has 1 fully saturated rings. The van der Waals surface area contributed by atoms with Crippen molar-refractivity contribution < 1.29 is 18.8 Å². The Kier molecular flexibility index (Phi) is 4.77. The molecule has 1 amide bonds. The predicted molar refractivity (Wildman–Crippen MR) is 104 cm³/mol. The number of benzene rings is 1. The van der Waals surface area contributed by atoms with Crippen LogP contribution in [0, 0.1) is 13.8 Å². The van der Waals surface area contributed by atoms with E-state index in [2.05, 4.69) is 15.5 Å². The number of rotatable bonds is 5. The molecule has 0 spiro atoms. The predicted octanol–water partition coefficient (Wildman–Crippen LogP) is 4.17. The summed E-state index contributed by atoms with van der Waals surface area (Å²) in [7, 11) is 0. The maximum Gasteiger partial charge on any atom is 0.339 e. The van der Waals surface area contributed by atoms with Gasteiger partial charge in [-0.3, -0.25) is 4.79 Å². The van der Waals surface area contributed by atoms with Crippen molar-refractivity contribution in [3.05, 3.63) is 51.8 Å². The van der Waals surface area contributed by atoms with Gasteiger partial charge in [-0.2, -0.15) is 0 Å². The number of carbonyl (C=O) groups is 2. The highest BCUT2D eigenvalue weighted by atomic mass is 35.5. The minimum absolute atomic E-state index is 0.313. The van der Waals surface area contributed by atoms with Crippen LogP contribution in [0.4, 0.5) is 5.69 Å². The van der Waals surface area contributed by atoms with Gasteiger partial charge < -0.3 is 14.6 Å². The summed E-state index contributed by atoms with van der Waals surface area (Å²) in [5.74, 6) is -0.734. The molecule has 4 rings (SSSR count). The highest BCUT2D eigenvalue weighted by Crippen LogP contribution is 2.40. The van der Waals surface area contributed by atoms with Crippen molar-refractivity contribution in [1.82, 2.24) is 10.1 Å². The summed E-state index contributed by atoms with van der Waals surface area (Å²) < 4.78 is 10.5. The number of ether oxygens (including phenoxy) is 1. The highest BCUT2D eigenvalue weighted by Gasteiger charge is 2.29. The summed E-state index contributed by atoms with van der Waals surface area (Å²) in [5.41, 5.74) is 3.29. The first-order chi connectivity index (χ1) is 13.4. The van der Waals surface area contributed by atoms with E-state index in [1.165, 1.54) is 0 Å². The van der Waals surface area contributed by atoms with Gasteiger partial charge in [-0.1, -0.05) is 22.8 Å². The Morgan fingerprint density at radius 1 is 1.32 bits per heavy atom. The van der Waals surface area contributed by atoms with Crippen LogP contribution in [0.3, 0.4) is 0 Å². The first-order valence-corrected chi connectivity index (χ1v) is 9.31. The number of carbonyl (C=O) groups excluding carboxylic acids is 2. The molecular formula is C20H18ClN3O4. The zero-order valence-corrected chi connectivity index (χ0v) is 16.2. The number of amides is 1. The quantitative estimate of drug-likeness (QED) is 0.647. The summed E-state index contributed by atoms with van der Waals surface area (Å²) in [6, 6.07) is 6.92. The summed E-state index contributed by atoms with van der Waals surface area (Å²) in [6.45, 7) is 3.11. The van der Waals surface area contributed by atoms with Crippen molar-refractivity contribution in [1.29, 1.82) is 0 Å². The minimum atomic E-state index is -0.612. The van der Waals surface area contributed by atoms with E-state index >= 15 is 0 Å². The molecule has 0 saturated heterocycles. The van der Waals surface area contributed by atoms with Gasteiger partial charge in [0.1, 0.15) is 0 Å². The Bertz CT molecular complexity index is 1090. The molecule has 2 heterocycles. The standard InChI is InChI=1S/C20H18ClN3O4/c1-10-14(21)4-3-5-15(10)22-17(25)9-27-20(26)13-8-16(12-6-7-12)23-19-18(13)11(2)24-28-19/h3-5,8,12H,6-7,9H2,1-2H3,(H,22,25). The average Bonchev–Trinajstić information content (AvgIpc) is 3.46. The number of hydrogen-bond donors (Lipinski definition) is 1. The second-order valence-electron chi connectivity index (χ2n) is 6.85. The lowest BCUT2D eigenvalue weighted by molar-refractivity contribution is -0.119. The molecule has 3 aromatic rings. The van der Waals surface area contributed by atoms with Crippen LogP contribution in [0.15, 0.2) is 28.8 Å². The first kappa shape index (κ1) is 18.4. The molecule has 0 bridgehead atoms. The van der Waals surface area contributed by atoms with Crippen LogP contribution in [0.2, 0.25) is 5.02 Å². The molecule has 0 unspecified atom stereocenters. The van der Waals surface area contributed by atoms with E-state index in [-0.39, 0.29) is 0 Å². The van der Waals surface area contributed by atoms with Crippen LogP contribution in [0.1, 0.15) is 46.1 Å². The van der Waals surface area contributed by atoms with Gasteiger partial charge in [-0.25, -0.2) is 9.78 Å². The normalized spacial score (nSPS) is 13.5. The minimum Gasteiger partial charge on any atom is -0.452 e. The zero-order chi connectivity index (χ0) is 19.8. The highest BCUT2D eigenvalue weighted by molar-refractivity contribution is 6.31. The number of esters is 1. The van der Waals surface area contributed by atoms with E-state index in [9.17, 15) is 9.59 Å². The van der Waals surface area contributed by atoms with Crippen molar-refractivity contribution >= 4 is 40.3 Å². The van der Waals surface area contributed by atoms with Gasteiger partial charge in [-0.15, -0.1) is 0 Å². The Morgan fingerprint density at radius 3 is 2.86 bits per heavy atom. The van der Waals surface area contributed by atoms with Crippen LogP contribution < -0.4 is 5.32 Å². The first-order valence-electron chi connectivity index (χ1n) is 8.93. The number of aromatic nitrogens is 2. The molecule has 144 valence electrons. The maximum atomic E-state index is 12.7. The molecule has 7 nitrogen and oxygen atoms in total. The largest absolute Gasteiger partial charge is 0.452 e. The summed E-state index contributed by atoms with van der Waals surface area (Å²) in [4.78, 5) is 29.3. The topological polar surface area (TPSA) is 94.3 Å². The van der Waals surface area contributed by atoms with E-state index in [0.717, 1.165) is 24.1 Å². The third-order valence-electron chi connectivity index (χ3n) is 4.73. The van der Waals surface area contributed by atoms with Gasteiger partial charge in [0.05, 0.1) is 16.6 Å². The SMILES string of the molecule is Cc1c(Cl)cccc1NC(=O)COC(=O)c1cc(C2CC2)nc2onc(C)c12. The monoisotopic (exact) mass is 399 g/mol. The Labute approximate surface area is 166 Å². The van der Waals surface area contributed by atoms with Crippen LogP contribution in [-0.2, 0) is 9.53 Å². The van der Waals surface area contributed by atoms with Gasteiger partial charge in [-0.05, 0) is 50.5 Å². The Morgan fingerprint density at radius 2 is 2.11 bits per heavy atom. The van der Waals surface area contributed by atoms with Crippen LogP contribution >= 0.6 is 11.6 Å². The molecular weight excluding hydrogens is 382 g/mol. The third kappa shape index (κ3) is 3.57. The number of aryl methyl sites for hydroxylation is 1. The molecule has 1 aliphatic rings. The van der Waals surface area contributed by atoms with E-state index in [1.807, 2.05) is 0 Å². The maximum absolute atomic E-state index is 12.7. The van der Waals surface area contributed by atoms with Crippen molar-refractivity contribution in [3.63, 3.8) is 0 Å². The fraction of sp³-hybridized carbons (Fsp3) is 0.300. The van der Waals surface area contributed by atoms with Gasteiger partial charge in [0.15, 0.2) is 6.61 Å². The second-order valence-corrected chi connectivity index (χ2v) is 7.26. The van der Waals surface area contributed by atoms with Crippen molar-refractivity contribution in [3.8, 4) is 0 Å². The van der Waals surface area contributed by atoms with Crippen molar-refractivity contribution in [2.24, 2.45) is 0 Å². The molecule has 1 saturated carbocycles. The molecule has 8 heteroatoms. The summed E-state index contributed by atoms with van der Waals surface area (Å²) in [5, 5.41) is 7.65. The Hall–Kier alpha value is -2.93. The van der Waals surface area contributed by atoms with E-state index in [1.54, 1.807) is 38.1 Å². The number of nitrogens with zero attached hydrogens (tertiary/aromatic N) is 2. The molecule has 1 aromatic carbocycles. The van der Waals surface area contributed by atoms with Crippen molar-refractivity contribution in [2.45, 2.75) is 32.6 Å². The molecule has 0 atom stereocenters. The summed E-state index contributed by atoms with van der Waals surface area (Å²) in [6.07, 6.45) is 2.06. The molecule has 1 aliphatic carbocycles. The molecule has 2 aromatic heterocycles. The lowest BCUT2D eigenvalue weighted by Crippen LogP contribution is -2.21. The third-order valence-corrected chi connectivity index (χ3v) is 5.14. The molecule has 0 aliphatic heterocycles. The molecule has 0 radical (unpaired) electrons. The van der Waals surface area contributed by atoms with E-state index < -0.39 is 18.5 Å². The number of hydrogen-bond acceptors (Lipinski definition) is 6.